The first-order valence-corrected chi connectivity index (χ1v) is 12.3. The van der Waals surface area contributed by atoms with Gasteiger partial charge in [0.05, 0.1) is 16.8 Å². The molecule has 0 radical (unpaired) electrons. The largest absolute Gasteiger partial charge is 0.323 e. The number of sulfonamides is 1. The second-order valence-electron chi connectivity index (χ2n) is 7.74. The summed E-state index contributed by atoms with van der Waals surface area (Å²) in [6, 6.07) is 16.0. The van der Waals surface area contributed by atoms with Gasteiger partial charge in [-0.2, -0.15) is 9.40 Å². The molecule has 0 saturated carbocycles. The summed E-state index contributed by atoms with van der Waals surface area (Å²) in [7, 11) is -3.54. The number of nitrogens with one attached hydrogen (secondary N) is 1. The Morgan fingerprint density at radius 1 is 1.03 bits per heavy atom. The Labute approximate surface area is 194 Å². The van der Waals surface area contributed by atoms with Crippen LogP contribution in [-0.2, 0) is 14.8 Å². The Morgan fingerprint density at radius 3 is 2.39 bits per heavy atom. The number of aromatic nitrogens is 2. The van der Waals surface area contributed by atoms with E-state index in [9.17, 15) is 13.2 Å². The number of carbonyl (C=O) groups excluding carboxylic acids is 1. The number of anilines is 1. The number of likely N-dealkylation sites (N-methyl/N-ethyl adjacent to an activating group) is 1. The van der Waals surface area contributed by atoms with E-state index in [-0.39, 0.29) is 10.8 Å². The molecule has 0 unspecified atom stereocenters. The molecule has 2 aromatic carbocycles. The highest BCUT2D eigenvalue weighted by Crippen LogP contribution is 2.20. The fourth-order valence-electron chi connectivity index (χ4n) is 3.65. The lowest BCUT2D eigenvalue weighted by atomic mass is 10.3. The van der Waals surface area contributed by atoms with Gasteiger partial charge < -0.3 is 10.2 Å². The van der Waals surface area contributed by atoms with Gasteiger partial charge in [0.2, 0.25) is 15.9 Å². The molecule has 172 valence electrons. The molecule has 0 spiro atoms. The smallest absolute Gasteiger partial charge is 0.248 e. The van der Waals surface area contributed by atoms with Crippen LogP contribution in [0.2, 0.25) is 0 Å². The van der Waals surface area contributed by atoms with Crippen molar-refractivity contribution in [3.8, 4) is 5.69 Å². The molecule has 1 saturated heterocycles. The Hall–Kier alpha value is -3.27. The highest BCUT2D eigenvalue weighted by atomic mass is 32.2. The van der Waals surface area contributed by atoms with Crippen molar-refractivity contribution in [2.75, 3.05) is 38.0 Å². The van der Waals surface area contributed by atoms with Crippen molar-refractivity contribution in [2.24, 2.45) is 0 Å². The second-order valence-corrected chi connectivity index (χ2v) is 9.68. The molecule has 1 amide bonds. The molecule has 2 heterocycles. The Balaban J connectivity index is 1.35. The average molecular weight is 466 g/mol. The molecule has 0 bridgehead atoms. The van der Waals surface area contributed by atoms with Crippen LogP contribution < -0.4 is 5.32 Å². The lowest BCUT2D eigenvalue weighted by Gasteiger charge is -2.33. The van der Waals surface area contributed by atoms with Crippen LogP contribution >= 0.6 is 0 Å². The first kappa shape index (κ1) is 22.9. The monoisotopic (exact) mass is 465 g/mol. The predicted octanol–water partition coefficient (Wildman–Crippen LogP) is 2.85. The first-order chi connectivity index (χ1) is 16.0. The number of benzene rings is 2. The number of para-hydroxylation sites is 1. The maximum atomic E-state index is 12.9. The van der Waals surface area contributed by atoms with Crippen LogP contribution in [-0.4, -0.2) is 66.0 Å². The molecule has 0 aliphatic carbocycles. The van der Waals surface area contributed by atoms with E-state index in [1.54, 1.807) is 29.1 Å². The van der Waals surface area contributed by atoms with Crippen LogP contribution in [0.5, 0.6) is 0 Å². The third-order valence-corrected chi connectivity index (χ3v) is 7.50. The van der Waals surface area contributed by atoms with Crippen LogP contribution in [0.4, 0.5) is 5.69 Å². The zero-order chi connectivity index (χ0) is 23.3. The van der Waals surface area contributed by atoms with Crippen LogP contribution in [0.15, 0.2) is 78.0 Å². The van der Waals surface area contributed by atoms with E-state index in [0.29, 0.717) is 18.8 Å². The SMILES string of the molecule is CCN1CCN(S(=O)(=O)c2ccc(NC(=O)/C=C/c3cnn(-c4ccccc4)c3)cc2)CC1. The summed E-state index contributed by atoms with van der Waals surface area (Å²) in [5.41, 5.74) is 2.25. The van der Waals surface area contributed by atoms with E-state index in [4.69, 9.17) is 0 Å². The lowest BCUT2D eigenvalue weighted by Crippen LogP contribution is -2.48. The highest BCUT2D eigenvalue weighted by Gasteiger charge is 2.27. The number of carbonyl (C=O) groups is 1. The van der Waals surface area contributed by atoms with Crippen molar-refractivity contribution < 1.29 is 13.2 Å². The predicted molar refractivity (Wildman–Crippen MR) is 129 cm³/mol. The summed E-state index contributed by atoms with van der Waals surface area (Å²) in [5.74, 6) is -0.311. The van der Waals surface area contributed by atoms with Crippen molar-refractivity contribution in [3.63, 3.8) is 0 Å². The number of hydrogen-bond acceptors (Lipinski definition) is 5. The number of hydrogen-bond donors (Lipinski definition) is 1. The molecule has 33 heavy (non-hydrogen) atoms. The summed E-state index contributed by atoms with van der Waals surface area (Å²) in [6.07, 6.45) is 6.61. The molecule has 0 atom stereocenters. The van der Waals surface area contributed by atoms with E-state index >= 15 is 0 Å². The van der Waals surface area contributed by atoms with Crippen LogP contribution in [0.3, 0.4) is 0 Å². The van der Waals surface area contributed by atoms with Crippen molar-refractivity contribution >= 4 is 27.7 Å². The average Bonchev–Trinajstić information content (AvgIpc) is 3.33. The summed E-state index contributed by atoms with van der Waals surface area (Å²) in [5, 5.41) is 7.05. The summed E-state index contributed by atoms with van der Waals surface area (Å²) in [6.45, 7) is 5.44. The minimum atomic E-state index is -3.54. The summed E-state index contributed by atoms with van der Waals surface area (Å²) in [4.78, 5) is 14.8. The zero-order valence-corrected chi connectivity index (χ0v) is 19.3. The number of nitrogens with zero attached hydrogens (tertiary/aromatic N) is 4. The van der Waals surface area contributed by atoms with Gasteiger partial charge >= 0.3 is 0 Å². The van der Waals surface area contributed by atoms with E-state index in [0.717, 1.165) is 30.9 Å². The normalized spacial score (nSPS) is 15.7. The van der Waals surface area contributed by atoms with Crippen LogP contribution in [0.1, 0.15) is 12.5 Å². The van der Waals surface area contributed by atoms with Gasteiger partial charge in [-0.3, -0.25) is 4.79 Å². The summed E-state index contributed by atoms with van der Waals surface area (Å²) < 4.78 is 29.0. The van der Waals surface area contributed by atoms with Gasteiger partial charge in [-0.05, 0) is 49.0 Å². The van der Waals surface area contributed by atoms with Gasteiger partial charge in [-0.15, -0.1) is 0 Å². The van der Waals surface area contributed by atoms with E-state index in [1.807, 2.05) is 36.5 Å². The standard InChI is InChI=1S/C24H27N5O3S/c1-2-27-14-16-28(17-15-27)33(31,32)23-11-9-21(10-12-23)26-24(30)13-8-20-18-25-29(19-20)22-6-4-3-5-7-22/h3-13,18-19H,2,14-17H2,1H3,(H,26,30)/b13-8+. The Morgan fingerprint density at radius 2 is 1.73 bits per heavy atom. The molecule has 8 nitrogen and oxygen atoms in total. The zero-order valence-electron chi connectivity index (χ0n) is 18.5. The van der Waals surface area contributed by atoms with Crippen molar-refractivity contribution in [1.29, 1.82) is 0 Å². The summed E-state index contributed by atoms with van der Waals surface area (Å²) >= 11 is 0. The fraction of sp³-hybridized carbons (Fsp3) is 0.250. The maximum absolute atomic E-state index is 12.9. The van der Waals surface area contributed by atoms with Crippen molar-refractivity contribution in [3.05, 3.63) is 78.6 Å². The van der Waals surface area contributed by atoms with Gasteiger partial charge in [0.15, 0.2) is 0 Å². The third kappa shape index (κ3) is 5.57. The third-order valence-electron chi connectivity index (χ3n) is 5.59. The maximum Gasteiger partial charge on any atom is 0.248 e. The number of amides is 1. The minimum absolute atomic E-state index is 0.231. The van der Waals surface area contributed by atoms with Gasteiger partial charge in [-0.25, -0.2) is 13.1 Å². The van der Waals surface area contributed by atoms with Gasteiger partial charge in [-0.1, -0.05) is 25.1 Å². The molecule has 9 heteroatoms. The van der Waals surface area contributed by atoms with E-state index in [2.05, 4.69) is 22.2 Å². The molecule has 3 aromatic rings. The van der Waals surface area contributed by atoms with Crippen LogP contribution in [0.25, 0.3) is 11.8 Å². The number of piperazine rings is 1. The van der Waals surface area contributed by atoms with E-state index < -0.39 is 10.0 Å². The van der Waals surface area contributed by atoms with Gasteiger partial charge in [0.1, 0.15) is 0 Å². The minimum Gasteiger partial charge on any atom is -0.323 e. The van der Waals surface area contributed by atoms with Gasteiger partial charge in [0.25, 0.3) is 0 Å². The first-order valence-electron chi connectivity index (χ1n) is 10.9. The quantitative estimate of drug-likeness (QED) is 0.542. The van der Waals surface area contributed by atoms with Gasteiger partial charge in [0, 0.05) is 49.7 Å². The topological polar surface area (TPSA) is 87.5 Å². The Kier molecular flexibility index (Phi) is 7.02. The molecular formula is C24H27N5O3S. The Bertz CT molecular complexity index is 1210. The fourth-order valence-corrected chi connectivity index (χ4v) is 5.07. The molecular weight excluding hydrogens is 438 g/mol. The van der Waals surface area contributed by atoms with E-state index in [1.165, 1.54) is 22.5 Å². The number of rotatable bonds is 7. The molecule has 4 rings (SSSR count). The van der Waals surface area contributed by atoms with Crippen LogP contribution in [0, 0.1) is 0 Å². The molecule has 1 aliphatic rings. The highest BCUT2D eigenvalue weighted by molar-refractivity contribution is 7.89. The van der Waals surface area contributed by atoms with Crippen molar-refractivity contribution in [1.82, 2.24) is 19.0 Å². The molecule has 1 fully saturated rings. The molecule has 1 aromatic heterocycles. The lowest BCUT2D eigenvalue weighted by molar-refractivity contribution is -0.111. The molecule has 1 N–H and O–H groups in total. The van der Waals surface area contributed by atoms with Crippen molar-refractivity contribution in [2.45, 2.75) is 11.8 Å². The molecule has 1 aliphatic heterocycles. The second kappa shape index (κ2) is 10.1.